The van der Waals surface area contributed by atoms with Crippen LogP contribution in [0.2, 0.25) is 0 Å². The summed E-state index contributed by atoms with van der Waals surface area (Å²) in [6.45, 7) is 1.89. The van der Waals surface area contributed by atoms with Crippen molar-refractivity contribution < 1.29 is 13.9 Å². The first-order valence-electron chi connectivity index (χ1n) is 6.65. The van der Waals surface area contributed by atoms with Gasteiger partial charge in [0.1, 0.15) is 18.6 Å². The molecule has 0 aliphatic carbocycles. The summed E-state index contributed by atoms with van der Waals surface area (Å²) in [4.78, 5) is 17.3. The lowest BCUT2D eigenvalue weighted by Crippen LogP contribution is -2.09. The third-order valence-corrected chi connectivity index (χ3v) is 4.04. The van der Waals surface area contributed by atoms with Gasteiger partial charge >= 0.3 is 5.97 Å². The molecule has 0 amide bonds. The zero-order chi connectivity index (χ0) is 15.5. The lowest BCUT2D eigenvalue weighted by Gasteiger charge is -2.07. The highest BCUT2D eigenvalue weighted by molar-refractivity contribution is 7.13. The van der Waals surface area contributed by atoms with Crippen molar-refractivity contribution in [3.8, 4) is 10.8 Å². The zero-order valence-electron chi connectivity index (χ0n) is 11.9. The van der Waals surface area contributed by atoms with Gasteiger partial charge < -0.3 is 14.9 Å². The van der Waals surface area contributed by atoms with Gasteiger partial charge in [-0.05, 0) is 30.0 Å². The van der Waals surface area contributed by atoms with Crippen molar-refractivity contribution in [1.29, 1.82) is 0 Å². The number of rotatable bonds is 4. The van der Waals surface area contributed by atoms with Crippen LogP contribution in [0.5, 0.6) is 0 Å². The van der Waals surface area contributed by atoms with E-state index in [2.05, 4.69) is 4.98 Å². The highest BCUT2D eigenvalue weighted by Gasteiger charge is 2.14. The second-order valence-corrected chi connectivity index (χ2v) is 5.68. The van der Waals surface area contributed by atoms with Gasteiger partial charge in [0.15, 0.2) is 0 Å². The fourth-order valence-electron chi connectivity index (χ4n) is 1.96. The number of thiophene rings is 1. The number of nitrogens with two attached hydrogens (primary N) is 1. The third-order valence-electron chi connectivity index (χ3n) is 3.18. The first-order chi connectivity index (χ1) is 10.6. The van der Waals surface area contributed by atoms with Crippen molar-refractivity contribution in [2.45, 2.75) is 13.5 Å². The van der Waals surface area contributed by atoms with Gasteiger partial charge in [-0.3, -0.25) is 0 Å². The fraction of sp³-hybridized carbons (Fsp3) is 0.125. The number of hydrogen-bond donors (Lipinski definition) is 1. The van der Waals surface area contributed by atoms with Crippen LogP contribution < -0.4 is 5.73 Å². The van der Waals surface area contributed by atoms with Gasteiger partial charge in [-0.15, -0.1) is 11.3 Å². The molecule has 0 atom stereocenters. The summed E-state index contributed by atoms with van der Waals surface area (Å²) in [6, 6.07) is 9.10. The molecule has 1 aromatic carbocycles. The highest BCUT2D eigenvalue weighted by atomic mass is 32.1. The maximum absolute atomic E-state index is 12.1. The van der Waals surface area contributed by atoms with E-state index in [0.717, 1.165) is 10.4 Å². The third kappa shape index (κ3) is 2.87. The number of nitrogen functional groups attached to an aromatic ring is 1. The quantitative estimate of drug-likeness (QED) is 0.587. The average molecular weight is 314 g/mol. The number of esters is 1. The summed E-state index contributed by atoms with van der Waals surface area (Å²) < 4.78 is 10.6. The number of hydrogen-bond acceptors (Lipinski definition) is 6. The smallest absolute Gasteiger partial charge is 0.340 e. The van der Waals surface area contributed by atoms with Gasteiger partial charge in [-0.25, -0.2) is 9.78 Å². The van der Waals surface area contributed by atoms with E-state index in [-0.39, 0.29) is 6.61 Å². The SMILES string of the molecule is Cc1cccc(C(=O)OCc2coc(-c3cccs3)n2)c1N. The molecule has 2 aromatic heterocycles. The van der Waals surface area contributed by atoms with Crippen LogP contribution in [0.1, 0.15) is 21.6 Å². The Kier molecular flexibility index (Phi) is 3.93. The van der Waals surface area contributed by atoms with Gasteiger partial charge in [0.25, 0.3) is 0 Å². The van der Waals surface area contributed by atoms with Gasteiger partial charge in [-0.2, -0.15) is 0 Å². The van der Waals surface area contributed by atoms with Crippen LogP contribution in [0.15, 0.2) is 46.4 Å². The predicted octanol–water partition coefficient (Wildman–Crippen LogP) is 3.65. The average Bonchev–Trinajstić information content (AvgIpc) is 3.18. The predicted molar refractivity (Wildman–Crippen MR) is 84.5 cm³/mol. The Balaban J connectivity index is 1.68. The van der Waals surface area contributed by atoms with Crippen molar-refractivity contribution in [3.63, 3.8) is 0 Å². The molecule has 0 aliphatic rings. The second-order valence-electron chi connectivity index (χ2n) is 4.73. The normalized spacial score (nSPS) is 10.6. The van der Waals surface area contributed by atoms with E-state index in [1.807, 2.05) is 30.5 Å². The number of anilines is 1. The largest absolute Gasteiger partial charge is 0.455 e. The number of carbonyl (C=O) groups excluding carboxylic acids is 1. The first kappa shape index (κ1) is 14.3. The van der Waals surface area contributed by atoms with E-state index in [1.165, 1.54) is 17.6 Å². The Labute approximate surface area is 131 Å². The summed E-state index contributed by atoms with van der Waals surface area (Å²) in [5.41, 5.74) is 8.09. The lowest BCUT2D eigenvalue weighted by molar-refractivity contribution is 0.0469. The van der Waals surface area contributed by atoms with Crippen LogP contribution in [-0.4, -0.2) is 11.0 Å². The Morgan fingerprint density at radius 2 is 2.23 bits per heavy atom. The molecule has 0 radical (unpaired) electrons. The molecule has 0 fully saturated rings. The molecule has 0 spiro atoms. The lowest BCUT2D eigenvalue weighted by atomic mass is 10.1. The molecule has 112 valence electrons. The molecule has 6 heteroatoms. The van der Waals surface area contributed by atoms with Crippen molar-refractivity contribution in [2.75, 3.05) is 5.73 Å². The molecule has 22 heavy (non-hydrogen) atoms. The molecule has 2 heterocycles. The maximum Gasteiger partial charge on any atom is 0.340 e. The molecule has 3 rings (SSSR count). The minimum Gasteiger partial charge on any atom is -0.455 e. The number of ether oxygens (including phenoxy) is 1. The number of carbonyl (C=O) groups is 1. The number of para-hydroxylation sites is 1. The molecular weight excluding hydrogens is 300 g/mol. The molecule has 0 saturated heterocycles. The molecule has 5 nitrogen and oxygen atoms in total. The second kappa shape index (κ2) is 6.03. The van der Waals surface area contributed by atoms with E-state index < -0.39 is 5.97 Å². The van der Waals surface area contributed by atoms with Crippen LogP contribution in [0, 0.1) is 6.92 Å². The molecule has 0 unspecified atom stereocenters. The molecule has 2 N–H and O–H groups in total. The molecule has 0 saturated carbocycles. The van der Waals surface area contributed by atoms with Crippen molar-refractivity contribution in [3.05, 3.63) is 58.8 Å². The summed E-state index contributed by atoms with van der Waals surface area (Å²) in [5, 5.41) is 1.94. The summed E-state index contributed by atoms with van der Waals surface area (Å²) in [6.07, 6.45) is 1.49. The first-order valence-corrected chi connectivity index (χ1v) is 7.53. The summed E-state index contributed by atoms with van der Waals surface area (Å²) in [5.74, 6) is 0.0537. The number of benzene rings is 1. The summed E-state index contributed by atoms with van der Waals surface area (Å²) in [7, 11) is 0. The Morgan fingerprint density at radius 3 is 3.00 bits per heavy atom. The van der Waals surface area contributed by atoms with Gasteiger partial charge in [0, 0.05) is 5.69 Å². The monoisotopic (exact) mass is 314 g/mol. The Morgan fingerprint density at radius 1 is 1.36 bits per heavy atom. The van der Waals surface area contributed by atoms with Crippen molar-refractivity contribution in [2.24, 2.45) is 0 Å². The van der Waals surface area contributed by atoms with E-state index in [9.17, 15) is 4.79 Å². The van der Waals surface area contributed by atoms with Gasteiger partial charge in [0.2, 0.25) is 5.89 Å². The minimum atomic E-state index is -0.470. The highest BCUT2D eigenvalue weighted by Crippen LogP contribution is 2.24. The van der Waals surface area contributed by atoms with E-state index in [1.54, 1.807) is 12.1 Å². The van der Waals surface area contributed by atoms with E-state index in [4.69, 9.17) is 14.9 Å². The Hall–Kier alpha value is -2.60. The van der Waals surface area contributed by atoms with Crippen LogP contribution in [0.4, 0.5) is 5.69 Å². The van der Waals surface area contributed by atoms with Crippen molar-refractivity contribution >= 4 is 23.0 Å². The van der Waals surface area contributed by atoms with Crippen molar-refractivity contribution in [1.82, 2.24) is 4.98 Å². The zero-order valence-corrected chi connectivity index (χ0v) is 12.7. The molecule has 0 aliphatic heterocycles. The van der Waals surface area contributed by atoms with Crippen LogP contribution in [0.25, 0.3) is 10.8 Å². The minimum absolute atomic E-state index is 0.0427. The maximum atomic E-state index is 12.1. The number of oxazole rings is 1. The van der Waals surface area contributed by atoms with E-state index in [0.29, 0.717) is 22.8 Å². The van der Waals surface area contributed by atoms with Crippen LogP contribution in [-0.2, 0) is 11.3 Å². The Bertz CT molecular complexity index is 794. The van der Waals surface area contributed by atoms with E-state index >= 15 is 0 Å². The number of aromatic nitrogens is 1. The molecular formula is C16H14N2O3S. The number of nitrogens with zero attached hydrogens (tertiary/aromatic N) is 1. The molecule has 0 bridgehead atoms. The fourth-order valence-corrected chi connectivity index (χ4v) is 2.62. The standard InChI is InChI=1S/C16H14N2O3S/c1-10-4-2-5-12(14(10)17)16(19)21-9-11-8-20-15(18-11)13-6-3-7-22-13/h2-8H,9,17H2,1H3. The van der Waals surface area contributed by atoms with Crippen LogP contribution >= 0.6 is 11.3 Å². The van der Waals surface area contributed by atoms with Gasteiger partial charge in [0.05, 0.1) is 10.4 Å². The summed E-state index contributed by atoms with van der Waals surface area (Å²) >= 11 is 1.53. The number of aryl methyl sites for hydroxylation is 1. The van der Waals surface area contributed by atoms with Crippen LogP contribution in [0.3, 0.4) is 0 Å². The molecule has 3 aromatic rings. The van der Waals surface area contributed by atoms with Gasteiger partial charge in [-0.1, -0.05) is 18.2 Å². The topological polar surface area (TPSA) is 78.3 Å².